The predicted octanol–water partition coefficient (Wildman–Crippen LogP) is 4.76. The molecule has 4 rings (SSSR count). The summed E-state index contributed by atoms with van der Waals surface area (Å²) in [6.07, 6.45) is 3.23. The van der Waals surface area contributed by atoms with Crippen molar-refractivity contribution in [1.29, 1.82) is 0 Å². The van der Waals surface area contributed by atoms with Gasteiger partial charge in [0.1, 0.15) is 17.5 Å². The largest absolute Gasteiger partial charge is 0.480 e. The van der Waals surface area contributed by atoms with Crippen LogP contribution >= 0.6 is 0 Å². The maximum atomic E-state index is 13.3. The molecule has 1 atom stereocenters. The fourth-order valence-corrected chi connectivity index (χ4v) is 4.98. The number of hydrogen-bond donors (Lipinski definition) is 3. The molecule has 3 amide bonds. The summed E-state index contributed by atoms with van der Waals surface area (Å²) < 4.78 is 5.47. The number of carbonyl (C=O) groups excluding carboxylic acids is 2. The molecule has 3 N–H and O–H groups in total. The summed E-state index contributed by atoms with van der Waals surface area (Å²) in [6.45, 7) is 9.11. The number of nitrogens with zero attached hydrogens (tertiary/aromatic N) is 5. The molecule has 1 aliphatic rings. The number of aromatic nitrogens is 2. The lowest BCUT2D eigenvalue weighted by molar-refractivity contribution is -0.137. The number of carboxylic acids is 1. The molecule has 3 aromatic rings. The molecule has 1 saturated heterocycles. The zero-order valence-corrected chi connectivity index (χ0v) is 25.5. The molecule has 1 fully saturated rings. The Labute approximate surface area is 258 Å². The van der Waals surface area contributed by atoms with Gasteiger partial charge in [-0.2, -0.15) is 4.98 Å². The van der Waals surface area contributed by atoms with E-state index < -0.39 is 12.0 Å². The van der Waals surface area contributed by atoms with Crippen molar-refractivity contribution in [3.63, 3.8) is 0 Å². The van der Waals surface area contributed by atoms with Crippen molar-refractivity contribution in [3.05, 3.63) is 71.9 Å². The smallest absolute Gasteiger partial charge is 0.415 e. The van der Waals surface area contributed by atoms with Crippen LogP contribution in [-0.2, 0) is 17.8 Å². The van der Waals surface area contributed by atoms with Gasteiger partial charge in [-0.3, -0.25) is 4.90 Å². The number of amides is 3. The van der Waals surface area contributed by atoms with E-state index >= 15 is 0 Å². The Balaban J connectivity index is 1.54. The molecule has 1 aromatic heterocycles. The molecule has 0 aliphatic carbocycles. The first kappa shape index (κ1) is 32.1. The fraction of sp³-hybridized carbons (Fsp3) is 0.406. The van der Waals surface area contributed by atoms with Gasteiger partial charge in [-0.05, 0) is 56.9 Å². The maximum absolute atomic E-state index is 13.3. The van der Waals surface area contributed by atoms with E-state index in [9.17, 15) is 19.5 Å². The molecule has 234 valence electrons. The summed E-state index contributed by atoms with van der Waals surface area (Å²) in [5, 5.41) is 16.2. The number of nitrogens with one attached hydrogen (secondary N) is 2. The molecule has 2 aromatic carbocycles. The fourth-order valence-electron chi connectivity index (χ4n) is 4.98. The van der Waals surface area contributed by atoms with Crippen molar-refractivity contribution in [2.45, 2.75) is 52.6 Å². The number of rotatable bonds is 13. The van der Waals surface area contributed by atoms with Gasteiger partial charge >= 0.3 is 18.1 Å². The highest BCUT2D eigenvalue weighted by molar-refractivity contribution is 5.95. The third-order valence-corrected chi connectivity index (χ3v) is 7.48. The number of benzene rings is 2. The molecular weight excluding hydrogens is 562 g/mol. The van der Waals surface area contributed by atoms with E-state index in [-0.39, 0.29) is 24.4 Å². The van der Waals surface area contributed by atoms with Crippen molar-refractivity contribution in [2.75, 3.05) is 47.8 Å². The van der Waals surface area contributed by atoms with E-state index in [1.807, 2.05) is 56.0 Å². The van der Waals surface area contributed by atoms with Crippen LogP contribution < -0.4 is 25.2 Å². The molecule has 0 spiro atoms. The first-order valence-electron chi connectivity index (χ1n) is 15.1. The normalized spacial score (nSPS) is 13.2. The Morgan fingerprint density at radius 1 is 0.955 bits per heavy atom. The SMILES string of the molecule is CCN(CC)c1ncc(N(CC)C(=O)NCc2ccccc2)c(N[C@@H](Cc2ccc(OC(=O)N3CCCC3)cc2)C(=O)O)n1. The van der Waals surface area contributed by atoms with Crippen LogP contribution in [0.4, 0.5) is 27.0 Å². The summed E-state index contributed by atoms with van der Waals surface area (Å²) in [5.74, 6) is -0.0231. The molecule has 2 heterocycles. The number of aliphatic carboxylic acids is 1. The van der Waals surface area contributed by atoms with E-state index in [0.29, 0.717) is 56.7 Å². The number of carbonyl (C=O) groups is 3. The monoisotopic (exact) mass is 603 g/mol. The zero-order chi connectivity index (χ0) is 31.5. The second kappa shape index (κ2) is 15.6. The van der Waals surface area contributed by atoms with Gasteiger partial charge in [0.05, 0.1) is 6.20 Å². The van der Waals surface area contributed by atoms with Gasteiger partial charge in [-0.1, -0.05) is 42.5 Å². The Kier molecular flexibility index (Phi) is 11.3. The van der Waals surface area contributed by atoms with Crippen LogP contribution in [0.15, 0.2) is 60.8 Å². The Bertz CT molecular complexity index is 1390. The van der Waals surface area contributed by atoms with Crippen LogP contribution in [-0.4, -0.2) is 76.8 Å². The highest BCUT2D eigenvalue weighted by Gasteiger charge is 2.26. The molecule has 44 heavy (non-hydrogen) atoms. The second-order valence-electron chi connectivity index (χ2n) is 10.4. The third kappa shape index (κ3) is 8.36. The van der Waals surface area contributed by atoms with Gasteiger partial charge in [-0.15, -0.1) is 0 Å². The van der Waals surface area contributed by atoms with E-state index in [1.54, 1.807) is 35.4 Å². The van der Waals surface area contributed by atoms with Crippen LogP contribution in [0, 0.1) is 0 Å². The Morgan fingerprint density at radius 3 is 2.25 bits per heavy atom. The molecule has 0 unspecified atom stereocenters. The average molecular weight is 604 g/mol. The van der Waals surface area contributed by atoms with Gasteiger partial charge in [-0.25, -0.2) is 19.4 Å². The van der Waals surface area contributed by atoms with E-state index in [2.05, 4.69) is 20.6 Å². The molecule has 0 radical (unpaired) electrons. The lowest BCUT2D eigenvalue weighted by Gasteiger charge is -2.27. The van der Waals surface area contributed by atoms with Crippen molar-refractivity contribution in [2.24, 2.45) is 0 Å². The number of hydrogen-bond acceptors (Lipinski definition) is 8. The number of anilines is 3. The minimum absolute atomic E-state index is 0.117. The molecule has 0 bridgehead atoms. The quantitative estimate of drug-likeness (QED) is 0.252. The van der Waals surface area contributed by atoms with Crippen molar-refractivity contribution < 1.29 is 24.2 Å². The first-order chi connectivity index (χ1) is 21.3. The number of urea groups is 1. The third-order valence-electron chi connectivity index (χ3n) is 7.48. The molecule has 1 aliphatic heterocycles. The van der Waals surface area contributed by atoms with Crippen molar-refractivity contribution in [3.8, 4) is 5.75 Å². The number of ether oxygens (including phenoxy) is 1. The first-order valence-corrected chi connectivity index (χ1v) is 15.1. The molecule has 12 heteroatoms. The summed E-state index contributed by atoms with van der Waals surface area (Å²) in [4.78, 5) is 52.4. The summed E-state index contributed by atoms with van der Waals surface area (Å²) in [6, 6.07) is 14.9. The predicted molar refractivity (Wildman–Crippen MR) is 169 cm³/mol. The average Bonchev–Trinajstić information content (AvgIpc) is 3.58. The minimum Gasteiger partial charge on any atom is -0.480 e. The van der Waals surface area contributed by atoms with Crippen molar-refractivity contribution >= 4 is 35.5 Å². The van der Waals surface area contributed by atoms with Gasteiger partial charge in [0.25, 0.3) is 0 Å². The van der Waals surface area contributed by atoms with Gasteiger partial charge < -0.3 is 30.3 Å². The maximum Gasteiger partial charge on any atom is 0.415 e. The van der Waals surface area contributed by atoms with Crippen LogP contribution in [0.1, 0.15) is 44.7 Å². The van der Waals surface area contributed by atoms with Gasteiger partial charge in [0.2, 0.25) is 5.95 Å². The van der Waals surface area contributed by atoms with Crippen LogP contribution in [0.2, 0.25) is 0 Å². The van der Waals surface area contributed by atoms with Gasteiger partial charge in [0.15, 0.2) is 5.82 Å². The summed E-state index contributed by atoms with van der Waals surface area (Å²) >= 11 is 0. The summed E-state index contributed by atoms with van der Waals surface area (Å²) in [5.41, 5.74) is 2.04. The zero-order valence-electron chi connectivity index (χ0n) is 25.5. The van der Waals surface area contributed by atoms with Crippen LogP contribution in [0.5, 0.6) is 5.75 Å². The second-order valence-corrected chi connectivity index (χ2v) is 10.4. The lowest BCUT2D eigenvalue weighted by Crippen LogP contribution is -2.41. The number of likely N-dealkylation sites (tertiary alicyclic amines) is 1. The summed E-state index contributed by atoms with van der Waals surface area (Å²) in [7, 11) is 0. The Morgan fingerprint density at radius 2 is 1.64 bits per heavy atom. The number of carboxylic acid groups (broad SMARTS) is 1. The van der Waals surface area contributed by atoms with E-state index in [4.69, 9.17) is 4.74 Å². The highest BCUT2D eigenvalue weighted by Crippen LogP contribution is 2.27. The van der Waals surface area contributed by atoms with Gasteiger partial charge in [0, 0.05) is 45.7 Å². The molecule has 12 nitrogen and oxygen atoms in total. The van der Waals surface area contributed by atoms with E-state index in [0.717, 1.165) is 24.0 Å². The Hall–Kier alpha value is -4.87. The van der Waals surface area contributed by atoms with Crippen molar-refractivity contribution in [1.82, 2.24) is 20.2 Å². The molecular formula is C32H41N7O5. The highest BCUT2D eigenvalue weighted by atomic mass is 16.6. The van der Waals surface area contributed by atoms with Crippen LogP contribution in [0.25, 0.3) is 0 Å². The minimum atomic E-state index is -1.08. The lowest BCUT2D eigenvalue weighted by atomic mass is 10.1. The van der Waals surface area contributed by atoms with Crippen LogP contribution in [0.3, 0.4) is 0 Å². The standard InChI is InChI=1S/C32H41N7O5/c1-4-37(5-2)30-33-22-27(39(6-3)31(42)34-21-24-12-8-7-9-13-24)28(36-30)35-26(29(40)41)20-23-14-16-25(17-15-23)44-32(43)38-18-10-11-19-38/h7-9,12-17,22,26H,4-6,10-11,18-21H2,1-3H3,(H,34,42)(H,40,41)(H,33,35,36)/t26-/m0/s1. The van der Waals surface area contributed by atoms with E-state index in [1.165, 1.54) is 4.90 Å². The topological polar surface area (TPSA) is 140 Å². The molecule has 0 saturated carbocycles.